The molecule has 0 unspecified atom stereocenters. The lowest BCUT2D eigenvalue weighted by atomic mass is 9.85. The molecule has 3 aliphatic rings. The Hall–Kier alpha value is -2.86. The summed E-state index contributed by atoms with van der Waals surface area (Å²) in [6.07, 6.45) is 1.70. The number of hydrogen-bond acceptors (Lipinski definition) is 4. The molecular formula is C23H21FN2O3. The van der Waals surface area contributed by atoms with Gasteiger partial charge in [0, 0.05) is 11.6 Å². The van der Waals surface area contributed by atoms with E-state index in [9.17, 15) is 18.8 Å². The smallest absolute Gasteiger partial charge is 0.239 e. The fraction of sp³-hybridized carbons (Fsp3) is 0.348. The maximum Gasteiger partial charge on any atom is 0.239 e. The quantitative estimate of drug-likeness (QED) is 0.595. The van der Waals surface area contributed by atoms with Crippen LogP contribution in [-0.2, 0) is 9.59 Å². The average molecular weight is 392 g/mol. The van der Waals surface area contributed by atoms with Crippen molar-refractivity contribution in [1.29, 1.82) is 0 Å². The van der Waals surface area contributed by atoms with Gasteiger partial charge in [-0.1, -0.05) is 17.7 Å². The number of aryl methyl sites for hydroxylation is 1. The van der Waals surface area contributed by atoms with E-state index in [4.69, 9.17) is 0 Å². The number of halogens is 1. The van der Waals surface area contributed by atoms with Gasteiger partial charge in [0.15, 0.2) is 5.78 Å². The van der Waals surface area contributed by atoms with Crippen LogP contribution >= 0.6 is 0 Å². The number of hydrogen-bond donors (Lipinski definition) is 0. The number of carbonyl (C=O) groups excluding carboxylic acids is 3. The maximum atomic E-state index is 13.4. The van der Waals surface area contributed by atoms with Crippen molar-refractivity contribution in [2.24, 2.45) is 11.8 Å². The summed E-state index contributed by atoms with van der Waals surface area (Å²) in [7, 11) is 0. The van der Waals surface area contributed by atoms with Crippen LogP contribution in [0.25, 0.3) is 0 Å². The lowest BCUT2D eigenvalue weighted by Crippen LogP contribution is -2.46. The Morgan fingerprint density at radius 2 is 1.62 bits per heavy atom. The molecule has 6 heteroatoms. The second-order valence-electron chi connectivity index (χ2n) is 8.16. The zero-order chi connectivity index (χ0) is 20.3. The van der Waals surface area contributed by atoms with E-state index < -0.39 is 23.7 Å². The van der Waals surface area contributed by atoms with E-state index in [0.29, 0.717) is 17.8 Å². The number of anilines is 1. The van der Waals surface area contributed by atoms with Gasteiger partial charge in [-0.15, -0.1) is 0 Å². The molecule has 3 heterocycles. The first kappa shape index (κ1) is 18.2. The molecule has 0 N–H and O–H groups in total. The highest BCUT2D eigenvalue weighted by Gasteiger charge is 2.64. The van der Waals surface area contributed by atoms with Crippen molar-refractivity contribution >= 4 is 23.3 Å². The van der Waals surface area contributed by atoms with E-state index in [1.807, 2.05) is 24.0 Å². The normalized spacial score (nSPS) is 28.7. The number of ketones is 1. The highest BCUT2D eigenvalue weighted by molar-refractivity contribution is 6.24. The molecule has 0 spiro atoms. The van der Waals surface area contributed by atoms with Gasteiger partial charge in [-0.2, -0.15) is 0 Å². The molecule has 5 rings (SSSR count). The molecule has 0 aromatic heterocycles. The second-order valence-corrected chi connectivity index (χ2v) is 8.16. The predicted octanol–water partition coefficient (Wildman–Crippen LogP) is 2.97. The molecule has 3 aliphatic heterocycles. The molecule has 0 bridgehead atoms. The van der Waals surface area contributed by atoms with Gasteiger partial charge < -0.3 is 0 Å². The molecule has 2 amide bonds. The number of imide groups is 1. The van der Waals surface area contributed by atoms with Gasteiger partial charge in [0.05, 0.1) is 23.6 Å². The second kappa shape index (κ2) is 6.59. The van der Waals surface area contributed by atoms with E-state index in [1.165, 1.54) is 29.2 Å². The number of carbonyl (C=O) groups is 3. The standard InChI is InChI=1S/C23H21FN2O3/c1-13-4-10-16(11-5-13)26-22(28)18-17-3-2-12-25(17)20(19(18)23(26)29)21(27)14-6-8-15(24)9-7-14/h4-11,17-20H,2-3,12H2,1H3/t17-,18+,19-,20+/m1/s1. The lowest BCUT2D eigenvalue weighted by Gasteiger charge is -2.27. The molecule has 29 heavy (non-hydrogen) atoms. The monoisotopic (exact) mass is 392 g/mol. The summed E-state index contributed by atoms with van der Waals surface area (Å²) in [6.45, 7) is 2.64. The fourth-order valence-corrected chi connectivity index (χ4v) is 5.25. The molecule has 4 atom stereocenters. The number of fused-ring (bicyclic) bond motifs is 3. The van der Waals surface area contributed by atoms with Crippen molar-refractivity contribution in [3.8, 4) is 0 Å². The van der Waals surface area contributed by atoms with Gasteiger partial charge in [-0.05, 0) is 62.7 Å². The van der Waals surface area contributed by atoms with Crippen LogP contribution in [0.15, 0.2) is 48.5 Å². The van der Waals surface area contributed by atoms with Crippen molar-refractivity contribution in [2.45, 2.75) is 31.8 Å². The number of Topliss-reactive ketones (excluding diaryl/α,β-unsaturated/α-hetero) is 1. The molecular weight excluding hydrogens is 371 g/mol. The summed E-state index contributed by atoms with van der Waals surface area (Å²) in [6, 6.07) is 11.9. The van der Waals surface area contributed by atoms with Crippen LogP contribution in [0, 0.1) is 24.6 Å². The largest absolute Gasteiger partial charge is 0.292 e. The lowest BCUT2D eigenvalue weighted by molar-refractivity contribution is -0.123. The summed E-state index contributed by atoms with van der Waals surface area (Å²) < 4.78 is 13.3. The molecule has 3 fully saturated rings. The molecule has 2 aromatic rings. The van der Waals surface area contributed by atoms with E-state index in [0.717, 1.165) is 18.4 Å². The van der Waals surface area contributed by atoms with E-state index >= 15 is 0 Å². The van der Waals surface area contributed by atoms with Crippen molar-refractivity contribution in [3.05, 3.63) is 65.5 Å². The zero-order valence-electron chi connectivity index (χ0n) is 16.0. The predicted molar refractivity (Wildman–Crippen MR) is 105 cm³/mol. The van der Waals surface area contributed by atoms with Crippen molar-refractivity contribution in [2.75, 3.05) is 11.4 Å². The molecule has 148 valence electrons. The van der Waals surface area contributed by atoms with E-state index in [-0.39, 0.29) is 23.6 Å². The summed E-state index contributed by atoms with van der Waals surface area (Å²) in [5, 5.41) is 0. The van der Waals surface area contributed by atoms with Gasteiger partial charge in [0.25, 0.3) is 0 Å². The summed E-state index contributed by atoms with van der Waals surface area (Å²) in [4.78, 5) is 43.3. The van der Waals surface area contributed by atoms with E-state index in [2.05, 4.69) is 0 Å². The average Bonchev–Trinajstić information content (AvgIpc) is 3.35. The highest BCUT2D eigenvalue weighted by atomic mass is 19.1. The molecule has 3 saturated heterocycles. The third-order valence-corrected chi connectivity index (χ3v) is 6.54. The Kier molecular flexibility index (Phi) is 4.13. The minimum absolute atomic E-state index is 0.0960. The third-order valence-electron chi connectivity index (χ3n) is 6.54. The van der Waals surface area contributed by atoms with Gasteiger partial charge in [-0.25, -0.2) is 9.29 Å². The Morgan fingerprint density at radius 1 is 0.966 bits per heavy atom. The van der Waals surface area contributed by atoms with Crippen molar-refractivity contribution in [3.63, 3.8) is 0 Å². The first-order valence-corrected chi connectivity index (χ1v) is 9.97. The van der Waals surface area contributed by atoms with Crippen LogP contribution < -0.4 is 4.90 Å². The minimum atomic E-state index is -0.688. The Labute approximate surface area is 168 Å². The van der Waals surface area contributed by atoms with Crippen molar-refractivity contribution < 1.29 is 18.8 Å². The van der Waals surface area contributed by atoms with Crippen LogP contribution in [0.4, 0.5) is 10.1 Å². The molecule has 0 aliphatic carbocycles. The van der Waals surface area contributed by atoms with Gasteiger partial charge >= 0.3 is 0 Å². The zero-order valence-corrected chi connectivity index (χ0v) is 16.0. The topological polar surface area (TPSA) is 57.7 Å². The Balaban J connectivity index is 1.54. The number of nitrogens with zero attached hydrogens (tertiary/aromatic N) is 2. The number of rotatable bonds is 3. The third kappa shape index (κ3) is 2.66. The number of amides is 2. The summed E-state index contributed by atoms with van der Waals surface area (Å²) >= 11 is 0. The van der Waals surface area contributed by atoms with Crippen LogP contribution in [0.5, 0.6) is 0 Å². The maximum absolute atomic E-state index is 13.4. The molecule has 2 aromatic carbocycles. The number of benzene rings is 2. The molecule has 0 saturated carbocycles. The van der Waals surface area contributed by atoms with Crippen LogP contribution in [0.3, 0.4) is 0 Å². The molecule has 0 radical (unpaired) electrons. The molecule has 5 nitrogen and oxygen atoms in total. The van der Waals surface area contributed by atoms with Gasteiger partial charge in [0.2, 0.25) is 11.8 Å². The van der Waals surface area contributed by atoms with Gasteiger partial charge in [0.1, 0.15) is 5.82 Å². The summed E-state index contributed by atoms with van der Waals surface area (Å²) in [5.41, 5.74) is 1.97. The highest BCUT2D eigenvalue weighted by Crippen LogP contribution is 2.48. The van der Waals surface area contributed by atoms with Crippen molar-refractivity contribution in [1.82, 2.24) is 4.90 Å². The van der Waals surface area contributed by atoms with E-state index in [1.54, 1.807) is 12.1 Å². The van der Waals surface area contributed by atoms with Crippen LogP contribution in [-0.4, -0.2) is 41.1 Å². The Morgan fingerprint density at radius 3 is 2.31 bits per heavy atom. The minimum Gasteiger partial charge on any atom is -0.292 e. The SMILES string of the molecule is Cc1ccc(N2C(=O)[C@@H]3[C@@H](C2=O)[C@@H](C(=O)c2ccc(F)cc2)N2CCC[C@H]32)cc1. The van der Waals surface area contributed by atoms with Gasteiger partial charge in [-0.3, -0.25) is 19.3 Å². The fourth-order valence-electron chi connectivity index (χ4n) is 5.25. The summed E-state index contributed by atoms with van der Waals surface area (Å²) in [5.74, 6) is -2.33. The van der Waals surface area contributed by atoms with Crippen LogP contribution in [0.2, 0.25) is 0 Å². The van der Waals surface area contributed by atoms with Crippen LogP contribution in [0.1, 0.15) is 28.8 Å². The Bertz CT molecular complexity index is 1000. The first-order valence-electron chi connectivity index (χ1n) is 9.97. The first-order chi connectivity index (χ1) is 14.0.